The summed E-state index contributed by atoms with van der Waals surface area (Å²) >= 11 is 0. The van der Waals surface area contributed by atoms with E-state index in [0.717, 1.165) is 30.6 Å². The third-order valence-corrected chi connectivity index (χ3v) is 4.56. The summed E-state index contributed by atoms with van der Waals surface area (Å²) in [5.74, 6) is 0.804. The van der Waals surface area contributed by atoms with Crippen LogP contribution in [-0.2, 0) is 22.5 Å². The van der Waals surface area contributed by atoms with Crippen molar-refractivity contribution in [2.24, 2.45) is 0 Å². The van der Waals surface area contributed by atoms with Gasteiger partial charge in [-0.15, -0.1) is 0 Å². The number of hydrogen-bond donors (Lipinski definition) is 2. The van der Waals surface area contributed by atoms with Crippen LogP contribution in [0.2, 0.25) is 0 Å². The Bertz CT molecular complexity index is 832. The van der Waals surface area contributed by atoms with Crippen molar-refractivity contribution in [3.8, 4) is 5.75 Å². The molecule has 2 aromatic rings. The molecule has 0 fully saturated rings. The molecule has 0 heterocycles. The first-order valence-electron chi connectivity index (χ1n) is 11.4. The van der Waals surface area contributed by atoms with Crippen LogP contribution in [0.5, 0.6) is 5.75 Å². The highest BCUT2D eigenvalue weighted by atomic mass is 16.6. The molecule has 180 valence electrons. The van der Waals surface area contributed by atoms with Gasteiger partial charge in [-0.1, -0.05) is 42.5 Å². The predicted octanol–water partition coefficient (Wildman–Crippen LogP) is 5.23. The lowest BCUT2D eigenvalue weighted by molar-refractivity contribution is 0.0525. The Morgan fingerprint density at radius 1 is 0.788 bits per heavy atom. The molecular weight excluding hydrogens is 420 g/mol. The van der Waals surface area contributed by atoms with Crippen LogP contribution in [-0.4, -0.2) is 37.5 Å². The molecule has 2 N–H and O–H groups in total. The second kappa shape index (κ2) is 14.0. The Hall–Kier alpha value is -3.22. The molecule has 0 saturated heterocycles. The van der Waals surface area contributed by atoms with Crippen molar-refractivity contribution in [1.29, 1.82) is 0 Å². The minimum atomic E-state index is -0.493. The van der Waals surface area contributed by atoms with Crippen LogP contribution in [0, 0.1) is 0 Å². The van der Waals surface area contributed by atoms with Gasteiger partial charge in [0, 0.05) is 13.1 Å². The third kappa shape index (κ3) is 12.4. The molecule has 2 aromatic carbocycles. The third-order valence-electron chi connectivity index (χ3n) is 4.56. The van der Waals surface area contributed by atoms with Crippen LogP contribution in [0.25, 0.3) is 0 Å². The predicted molar refractivity (Wildman–Crippen MR) is 128 cm³/mol. The number of ether oxygens (including phenoxy) is 3. The lowest BCUT2D eigenvalue weighted by atomic mass is 10.1. The number of rotatable bonds is 12. The molecule has 0 saturated carbocycles. The summed E-state index contributed by atoms with van der Waals surface area (Å²) in [5, 5.41) is 5.50. The maximum absolute atomic E-state index is 11.7. The van der Waals surface area contributed by atoms with Crippen molar-refractivity contribution in [3.63, 3.8) is 0 Å². The fourth-order valence-corrected chi connectivity index (χ4v) is 2.94. The summed E-state index contributed by atoms with van der Waals surface area (Å²) in [5.41, 5.74) is 1.70. The van der Waals surface area contributed by atoms with E-state index < -0.39 is 11.7 Å². The molecule has 0 aliphatic heterocycles. The molecule has 0 bridgehead atoms. The van der Waals surface area contributed by atoms with Crippen LogP contribution in [0.4, 0.5) is 9.59 Å². The average Bonchev–Trinajstić information content (AvgIpc) is 2.77. The summed E-state index contributed by atoms with van der Waals surface area (Å²) < 4.78 is 16.1. The average molecular weight is 457 g/mol. The zero-order chi connectivity index (χ0) is 23.9. The molecule has 0 atom stereocenters. The number of alkyl carbamates (subject to hydrolysis) is 2. The minimum Gasteiger partial charge on any atom is -0.494 e. The quantitative estimate of drug-likeness (QED) is 0.427. The number of amides is 2. The van der Waals surface area contributed by atoms with Crippen LogP contribution in [0.3, 0.4) is 0 Å². The lowest BCUT2D eigenvalue weighted by Crippen LogP contribution is -2.33. The molecule has 7 heteroatoms. The van der Waals surface area contributed by atoms with E-state index in [1.54, 1.807) is 0 Å². The number of benzene rings is 2. The van der Waals surface area contributed by atoms with Crippen molar-refractivity contribution in [3.05, 3.63) is 65.7 Å². The van der Waals surface area contributed by atoms with Gasteiger partial charge in [0.25, 0.3) is 0 Å². The van der Waals surface area contributed by atoms with E-state index in [-0.39, 0.29) is 12.7 Å². The van der Waals surface area contributed by atoms with Gasteiger partial charge < -0.3 is 24.8 Å². The highest BCUT2D eigenvalue weighted by Gasteiger charge is 2.15. The molecule has 2 amide bonds. The van der Waals surface area contributed by atoms with Gasteiger partial charge >= 0.3 is 12.2 Å². The molecule has 0 radical (unpaired) electrons. The molecule has 0 spiro atoms. The van der Waals surface area contributed by atoms with Crippen molar-refractivity contribution < 1.29 is 23.8 Å². The molecule has 0 unspecified atom stereocenters. The largest absolute Gasteiger partial charge is 0.494 e. The van der Waals surface area contributed by atoms with Crippen molar-refractivity contribution in [2.75, 3.05) is 19.7 Å². The summed E-state index contributed by atoms with van der Waals surface area (Å²) in [4.78, 5) is 23.3. The van der Waals surface area contributed by atoms with Crippen molar-refractivity contribution >= 4 is 12.2 Å². The molecular formula is C26H36N2O5. The van der Waals surface area contributed by atoms with E-state index in [2.05, 4.69) is 22.8 Å². The molecule has 2 rings (SSSR count). The van der Waals surface area contributed by atoms with Crippen LogP contribution < -0.4 is 15.4 Å². The Morgan fingerprint density at radius 2 is 1.45 bits per heavy atom. The Balaban J connectivity index is 1.50. The second-order valence-corrected chi connectivity index (χ2v) is 8.72. The summed E-state index contributed by atoms with van der Waals surface area (Å²) in [7, 11) is 0. The first-order chi connectivity index (χ1) is 15.8. The molecule has 0 aliphatic rings. The van der Waals surface area contributed by atoms with Crippen LogP contribution in [0.15, 0.2) is 54.6 Å². The van der Waals surface area contributed by atoms with Gasteiger partial charge in [-0.25, -0.2) is 9.59 Å². The van der Waals surface area contributed by atoms with Gasteiger partial charge in [0.15, 0.2) is 0 Å². The van der Waals surface area contributed by atoms with E-state index in [4.69, 9.17) is 14.2 Å². The van der Waals surface area contributed by atoms with Gasteiger partial charge in [-0.2, -0.15) is 0 Å². The summed E-state index contributed by atoms with van der Waals surface area (Å²) in [6.07, 6.45) is 2.68. The maximum Gasteiger partial charge on any atom is 0.407 e. The standard InChI is InChI=1S/C26H36N2O5/c1-26(2,3)33-25(30)28-18-9-19-31-23-15-13-21(14-16-23)10-7-8-17-27-24(29)32-20-22-11-5-4-6-12-22/h4-6,11-16H,7-10,17-20H2,1-3H3,(H,27,29)(H,28,30). The van der Waals surface area contributed by atoms with E-state index >= 15 is 0 Å². The number of unbranched alkanes of at least 4 members (excludes halogenated alkanes) is 1. The van der Waals surface area contributed by atoms with E-state index in [0.29, 0.717) is 26.1 Å². The molecule has 33 heavy (non-hydrogen) atoms. The molecule has 7 nitrogen and oxygen atoms in total. The number of aryl methyl sites for hydroxylation is 1. The number of carbonyl (C=O) groups excluding carboxylic acids is 2. The highest BCUT2D eigenvalue weighted by molar-refractivity contribution is 5.67. The van der Waals surface area contributed by atoms with Gasteiger partial charge in [0.1, 0.15) is 18.0 Å². The van der Waals surface area contributed by atoms with Crippen molar-refractivity contribution in [2.45, 2.75) is 58.7 Å². The lowest BCUT2D eigenvalue weighted by Gasteiger charge is -2.19. The molecule has 0 aliphatic carbocycles. The van der Waals surface area contributed by atoms with Gasteiger partial charge in [0.2, 0.25) is 0 Å². The zero-order valence-electron chi connectivity index (χ0n) is 19.9. The van der Waals surface area contributed by atoms with Gasteiger partial charge in [-0.05, 0) is 69.7 Å². The Kier molecular flexibility index (Phi) is 11.1. The van der Waals surface area contributed by atoms with Gasteiger partial charge in [0.05, 0.1) is 6.61 Å². The van der Waals surface area contributed by atoms with E-state index in [1.807, 2.05) is 63.2 Å². The number of nitrogens with one attached hydrogen (secondary N) is 2. The van der Waals surface area contributed by atoms with Crippen LogP contribution in [0.1, 0.15) is 51.2 Å². The summed E-state index contributed by atoms with van der Waals surface area (Å²) in [6.45, 7) is 7.39. The zero-order valence-corrected chi connectivity index (χ0v) is 19.9. The second-order valence-electron chi connectivity index (χ2n) is 8.72. The first kappa shape index (κ1) is 26.0. The topological polar surface area (TPSA) is 85.9 Å². The Labute approximate surface area is 196 Å². The number of carbonyl (C=O) groups is 2. The monoisotopic (exact) mass is 456 g/mol. The number of hydrogen-bond acceptors (Lipinski definition) is 5. The van der Waals surface area contributed by atoms with Crippen LogP contribution >= 0.6 is 0 Å². The van der Waals surface area contributed by atoms with Gasteiger partial charge in [-0.3, -0.25) is 0 Å². The first-order valence-corrected chi connectivity index (χ1v) is 11.4. The SMILES string of the molecule is CC(C)(C)OC(=O)NCCCOc1ccc(CCCCNC(=O)OCc2ccccc2)cc1. The fourth-order valence-electron chi connectivity index (χ4n) is 2.94. The molecule has 0 aromatic heterocycles. The van der Waals surface area contributed by atoms with E-state index in [9.17, 15) is 9.59 Å². The maximum atomic E-state index is 11.7. The normalized spacial score (nSPS) is 10.9. The minimum absolute atomic E-state index is 0.279. The summed E-state index contributed by atoms with van der Waals surface area (Å²) in [6, 6.07) is 17.6. The van der Waals surface area contributed by atoms with Crippen molar-refractivity contribution in [1.82, 2.24) is 10.6 Å². The smallest absolute Gasteiger partial charge is 0.407 e. The Morgan fingerprint density at radius 3 is 2.15 bits per heavy atom. The fraction of sp³-hybridized carbons (Fsp3) is 0.462. The highest BCUT2D eigenvalue weighted by Crippen LogP contribution is 2.14. The van der Waals surface area contributed by atoms with E-state index in [1.165, 1.54) is 5.56 Å².